The maximum atomic E-state index is 10.6. The van der Waals surface area contributed by atoms with E-state index < -0.39 is 5.97 Å². The Kier molecular flexibility index (Phi) is 6.06. The number of carboxylic acids is 1. The molecule has 0 radical (unpaired) electrons. The zero-order valence-electron chi connectivity index (χ0n) is 12.3. The largest absolute Gasteiger partial charge is 0.497 e. The molecule has 0 aromatic heterocycles. The normalized spacial score (nSPS) is 16.9. The summed E-state index contributed by atoms with van der Waals surface area (Å²) >= 11 is 3.59. The molecule has 2 rings (SSSR count). The summed E-state index contributed by atoms with van der Waals surface area (Å²) in [6.07, 6.45) is 3.29. The fraction of sp³-hybridized carbons (Fsp3) is 0.562. The number of aliphatic carboxylic acids is 1. The van der Waals surface area contributed by atoms with Crippen molar-refractivity contribution in [2.45, 2.75) is 32.2 Å². The number of carbonyl (C=O) groups is 1. The van der Waals surface area contributed by atoms with Gasteiger partial charge in [-0.05, 0) is 62.0 Å². The molecule has 0 spiro atoms. The van der Waals surface area contributed by atoms with Crippen molar-refractivity contribution < 1.29 is 14.6 Å². The van der Waals surface area contributed by atoms with Crippen LogP contribution in [0.1, 0.15) is 31.2 Å². The molecule has 0 saturated carbocycles. The summed E-state index contributed by atoms with van der Waals surface area (Å²) in [6.45, 7) is 2.98. The van der Waals surface area contributed by atoms with E-state index in [2.05, 4.69) is 26.9 Å². The molecule has 1 heterocycles. The van der Waals surface area contributed by atoms with Crippen molar-refractivity contribution in [1.82, 2.24) is 4.90 Å². The average molecular weight is 356 g/mol. The van der Waals surface area contributed by atoms with E-state index in [0.29, 0.717) is 12.3 Å². The van der Waals surface area contributed by atoms with Crippen LogP contribution in [0.15, 0.2) is 22.7 Å². The average Bonchev–Trinajstić information content (AvgIpc) is 2.48. The van der Waals surface area contributed by atoms with Crippen LogP contribution >= 0.6 is 15.9 Å². The Bertz CT molecular complexity index is 484. The quantitative estimate of drug-likeness (QED) is 0.847. The maximum absolute atomic E-state index is 10.6. The van der Waals surface area contributed by atoms with Gasteiger partial charge in [-0.1, -0.05) is 15.9 Å². The van der Waals surface area contributed by atoms with Gasteiger partial charge in [0.1, 0.15) is 5.75 Å². The van der Waals surface area contributed by atoms with Crippen molar-refractivity contribution >= 4 is 21.9 Å². The van der Waals surface area contributed by atoms with Gasteiger partial charge < -0.3 is 9.84 Å². The Morgan fingerprint density at radius 3 is 2.76 bits per heavy atom. The molecule has 1 aliphatic rings. The molecule has 0 atom stereocenters. The Hall–Kier alpha value is -1.07. The summed E-state index contributed by atoms with van der Waals surface area (Å²) < 4.78 is 6.38. The molecule has 4 nitrogen and oxygen atoms in total. The van der Waals surface area contributed by atoms with Gasteiger partial charge >= 0.3 is 5.97 Å². The predicted octanol–water partition coefficient (Wildman–Crippen LogP) is 3.53. The Morgan fingerprint density at radius 2 is 2.14 bits per heavy atom. The lowest BCUT2D eigenvalue weighted by Gasteiger charge is -2.32. The maximum Gasteiger partial charge on any atom is 0.303 e. The predicted molar refractivity (Wildman–Crippen MR) is 85.6 cm³/mol. The molecular formula is C16H22BrNO3. The summed E-state index contributed by atoms with van der Waals surface area (Å²) in [7, 11) is 1.68. The smallest absolute Gasteiger partial charge is 0.303 e. The molecule has 1 aliphatic heterocycles. The Labute approximate surface area is 134 Å². The molecule has 116 valence electrons. The first-order valence-corrected chi connectivity index (χ1v) is 8.14. The van der Waals surface area contributed by atoms with Crippen LogP contribution in [0.25, 0.3) is 0 Å². The van der Waals surface area contributed by atoms with Crippen molar-refractivity contribution in [1.29, 1.82) is 0 Å². The molecule has 0 amide bonds. The van der Waals surface area contributed by atoms with Crippen LogP contribution < -0.4 is 4.74 Å². The lowest BCUT2D eigenvalue weighted by atomic mass is 9.92. The summed E-state index contributed by atoms with van der Waals surface area (Å²) in [4.78, 5) is 13.0. The zero-order chi connectivity index (χ0) is 15.2. The van der Waals surface area contributed by atoms with Gasteiger partial charge in [-0.25, -0.2) is 0 Å². The first-order valence-electron chi connectivity index (χ1n) is 7.35. The van der Waals surface area contributed by atoms with Crippen LogP contribution in [0.5, 0.6) is 5.75 Å². The van der Waals surface area contributed by atoms with E-state index in [4.69, 9.17) is 9.84 Å². The second kappa shape index (κ2) is 7.80. The molecular weight excluding hydrogens is 334 g/mol. The minimum Gasteiger partial charge on any atom is -0.497 e. The van der Waals surface area contributed by atoms with Crippen LogP contribution in [0.2, 0.25) is 0 Å². The van der Waals surface area contributed by atoms with Gasteiger partial charge in [-0.15, -0.1) is 0 Å². The number of nitrogens with zero attached hydrogens (tertiary/aromatic N) is 1. The zero-order valence-corrected chi connectivity index (χ0v) is 13.9. The number of hydrogen-bond acceptors (Lipinski definition) is 3. The second-order valence-electron chi connectivity index (χ2n) is 5.61. The molecule has 0 aliphatic carbocycles. The van der Waals surface area contributed by atoms with E-state index in [1.54, 1.807) is 7.11 Å². The van der Waals surface area contributed by atoms with Crippen molar-refractivity contribution in [2.24, 2.45) is 5.92 Å². The van der Waals surface area contributed by atoms with Crippen LogP contribution in [-0.2, 0) is 11.3 Å². The number of ether oxygens (including phenoxy) is 1. The van der Waals surface area contributed by atoms with Crippen molar-refractivity contribution in [3.63, 3.8) is 0 Å². The van der Waals surface area contributed by atoms with E-state index >= 15 is 0 Å². The number of hydrogen-bond donors (Lipinski definition) is 1. The summed E-state index contributed by atoms with van der Waals surface area (Å²) in [6, 6.07) is 6.04. The molecule has 1 aromatic carbocycles. The highest BCUT2D eigenvalue weighted by atomic mass is 79.9. The van der Waals surface area contributed by atoms with Gasteiger partial charge in [0.25, 0.3) is 0 Å². The number of carboxylic acid groups (broad SMARTS) is 1. The van der Waals surface area contributed by atoms with E-state index in [-0.39, 0.29) is 0 Å². The topological polar surface area (TPSA) is 49.8 Å². The van der Waals surface area contributed by atoms with E-state index in [9.17, 15) is 4.79 Å². The molecule has 1 saturated heterocycles. The van der Waals surface area contributed by atoms with Crippen LogP contribution in [0.4, 0.5) is 0 Å². The van der Waals surface area contributed by atoms with E-state index in [1.165, 1.54) is 5.56 Å². The van der Waals surface area contributed by atoms with Gasteiger partial charge in [-0.3, -0.25) is 9.69 Å². The van der Waals surface area contributed by atoms with E-state index in [0.717, 1.165) is 49.1 Å². The molecule has 0 unspecified atom stereocenters. The third-order valence-corrected chi connectivity index (χ3v) is 4.89. The third kappa shape index (κ3) is 5.00. The van der Waals surface area contributed by atoms with Crippen molar-refractivity contribution in [2.75, 3.05) is 20.2 Å². The van der Waals surface area contributed by atoms with Gasteiger partial charge in [0.05, 0.1) is 7.11 Å². The molecule has 21 heavy (non-hydrogen) atoms. The molecule has 0 bridgehead atoms. The fourth-order valence-corrected chi connectivity index (χ4v) is 3.17. The Morgan fingerprint density at radius 1 is 1.43 bits per heavy atom. The lowest BCUT2D eigenvalue weighted by Crippen LogP contribution is -2.33. The number of methoxy groups -OCH3 is 1. The molecule has 1 N–H and O–H groups in total. The van der Waals surface area contributed by atoms with Crippen LogP contribution in [0, 0.1) is 5.92 Å². The van der Waals surface area contributed by atoms with E-state index in [1.807, 2.05) is 12.1 Å². The van der Waals surface area contributed by atoms with Crippen molar-refractivity contribution in [3.8, 4) is 5.75 Å². The first-order chi connectivity index (χ1) is 10.1. The number of benzene rings is 1. The summed E-state index contributed by atoms with van der Waals surface area (Å²) in [5.41, 5.74) is 1.23. The highest BCUT2D eigenvalue weighted by molar-refractivity contribution is 9.10. The minimum atomic E-state index is -0.683. The van der Waals surface area contributed by atoms with Gasteiger partial charge in [0, 0.05) is 17.4 Å². The Balaban J connectivity index is 1.84. The van der Waals surface area contributed by atoms with Gasteiger partial charge in [0.2, 0.25) is 0 Å². The summed E-state index contributed by atoms with van der Waals surface area (Å²) in [5, 5.41) is 8.74. The fourth-order valence-electron chi connectivity index (χ4n) is 2.80. The molecule has 1 aromatic rings. The third-order valence-electron chi connectivity index (χ3n) is 4.12. The molecule has 1 fully saturated rings. The second-order valence-corrected chi connectivity index (χ2v) is 6.46. The van der Waals surface area contributed by atoms with Gasteiger partial charge in [0.15, 0.2) is 0 Å². The van der Waals surface area contributed by atoms with Crippen molar-refractivity contribution in [3.05, 3.63) is 28.2 Å². The number of halogens is 1. The summed E-state index contributed by atoms with van der Waals surface area (Å²) in [5.74, 6) is 0.758. The lowest BCUT2D eigenvalue weighted by molar-refractivity contribution is -0.137. The number of piperidine rings is 1. The number of rotatable bonds is 6. The van der Waals surface area contributed by atoms with Crippen LogP contribution in [0.3, 0.4) is 0 Å². The SMILES string of the molecule is COc1ccc(Br)c(CN2CCC(CCC(=O)O)CC2)c1. The van der Waals surface area contributed by atoms with Crippen LogP contribution in [-0.4, -0.2) is 36.2 Å². The molecule has 5 heteroatoms. The first kappa shape index (κ1) is 16.3. The standard InChI is InChI=1S/C16H22BrNO3/c1-21-14-3-4-15(17)13(10-14)11-18-8-6-12(7-9-18)2-5-16(19)20/h3-4,10,12H,2,5-9,11H2,1H3,(H,19,20). The monoisotopic (exact) mass is 355 g/mol. The highest BCUT2D eigenvalue weighted by Crippen LogP contribution is 2.27. The minimum absolute atomic E-state index is 0.298. The van der Waals surface area contributed by atoms with Gasteiger partial charge in [-0.2, -0.15) is 0 Å². The number of likely N-dealkylation sites (tertiary alicyclic amines) is 1. The highest BCUT2D eigenvalue weighted by Gasteiger charge is 2.20.